The summed E-state index contributed by atoms with van der Waals surface area (Å²) < 4.78 is 72.9. The molecule has 10 nitrogen and oxygen atoms in total. The summed E-state index contributed by atoms with van der Waals surface area (Å²) in [6, 6.07) is 6.25. The summed E-state index contributed by atoms with van der Waals surface area (Å²) in [5.74, 6) is -7.32. The number of benzene rings is 1. The van der Waals surface area contributed by atoms with Crippen LogP contribution in [-0.2, 0) is 48.5 Å². The van der Waals surface area contributed by atoms with E-state index in [2.05, 4.69) is 6.58 Å². The van der Waals surface area contributed by atoms with Crippen LogP contribution >= 0.6 is 0 Å². The van der Waals surface area contributed by atoms with E-state index in [9.17, 15) is 37.5 Å². The summed E-state index contributed by atoms with van der Waals surface area (Å²) in [4.78, 5) is 53.4. The van der Waals surface area contributed by atoms with E-state index in [4.69, 9.17) is 23.7 Å². The molecule has 0 aromatic heterocycles. The molecule has 3 fully saturated rings. The maximum Gasteiger partial charge on any atom is 0.432 e. The molecule has 1 aromatic rings. The molecule has 2 aliphatic carbocycles. The predicted molar refractivity (Wildman–Crippen MR) is 159 cm³/mol. The van der Waals surface area contributed by atoms with Gasteiger partial charge in [-0.15, -0.1) is 0 Å². The summed E-state index contributed by atoms with van der Waals surface area (Å²) in [5, 5.41) is 11.9. The molecule has 0 spiro atoms. The van der Waals surface area contributed by atoms with Gasteiger partial charge in [0.1, 0.15) is 18.3 Å². The largest absolute Gasteiger partial charge is 0.461 e. The van der Waals surface area contributed by atoms with Crippen LogP contribution in [-0.4, -0.2) is 72.3 Å². The van der Waals surface area contributed by atoms with Crippen LogP contribution in [0.15, 0.2) is 54.1 Å². The maximum atomic E-state index is 14.8. The Balaban J connectivity index is 1.93. The minimum atomic E-state index is -5.29. The van der Waals surface area contributed by atoms with E-state index in [0.717, 1.165) is 19.2 Å². The van der Waals surface area contributed by atoms with Gasteiger partial charge in [-0.3, -0.25) is 4.79 Å². The van der Waals surface area contributed by atoms with Crippen molar-refractivity contribution in [2.75, 3.05) is 7.11 Å². The maximum absolute atomic E-state index is 14.8. The number of halogens is 3. The van der Waals surface area contributed by atoms with Crippen LogP contribution in [0.5, 0.6) is 0 Å². The van der Waals surface area contributed by atoms with Crippen LogP contribution in [0.25, 0.3) is 0 Å². The number of ether oxygens (including phenoxy) is 5. The Kier molecular flexibility index (Phi) is 9.78. The smallest absolute Gasteiger partial charge is 0.432 e. The van der Waals surface area contributed by atoms with Gasteiger partial charge in [-0.05, 0) is 33.6 Å². The van der Waals surface area contributed by atoms with Gasteiger partial charge < -0.3 is 28.8 Å². The highest BCUT2D eigenvalue weighted by Gasteiger charge is 2.74. The van der Waals surface area contributed by atoms with Gasteiger partial charge in [-0.1, -0.05) is 63.8 Å². The third-order valence-electron chi connectivity index (χ3n) is 9.94. The molecule has 13 heteroatoms. The van der Waals surface area contributed by atoms with Crippen LogP contribution in [0.1, 0.15) is 59.9 Å². The van der Waals surface area contributed by atoms with Crippen molar-refractivity contribution in [3.05, 3.63) is 59.7 Å². The van der Waals surface area contributed by atoms with Gasteiger partial charge in [0.15, 0.2) is 6.10 Å². The Morgan fingerprint density at radius 3 is 2.23 bits per heavy atom. The van der Waals surface area contributed by atoms with E-state index < -0.39 is 94.4 Å². The molecule has 1 saturated heterocycles. The summed E-state index contributed by atoms with van der Waals surface area (Å²) >= 11 is 0. The lowest BCUT2D eigenvalue weighted by molar-refractivity contribution is -0.307. The zero-order chi connectivity index (χ0) is 35.3. The summed E-state index contributed by atoms with van der Waals surface area (Å²) in [5.41, 5.74) is -7.55. The monoisotopic (exact) mass is 666 g/mol. The Morgan fingerprint density at radius 2 is 1.70 bits per heavy atom. The first-order valence-electron chi connectivity index (χ1n) is 15.3. The van der Waals surface area contributed by atoms with Crippen molar-refractivity contribution < 1.29 is 61.1 Å². The van der Waals surface area contributed by atoms with Crippen LogP contribution in [0.4, 0.5) is 13.2 Å². The number of carbonyl (C=O) groups is 4. The predicted octanol–water partition coefficient (Wildman–Crippen LogP) is 4.73. The van der Waals surface area contributed by atoms with Crippen LogP contribution in [0, 0.1) is 23.2 Å². The highest BCUT2D eigenvalue weighted by atomic mass is 19.4. The molecular weight excluding hydrogens is 625 g/mol. The molecule has 1 N–H and O–H groups in total. The van der Waals surface area contributed by atoms with Gasteiger partial charge in [-0.2, -0.15) is 13.2 Å². The number of alkyl halides is 3. The zero-order valence-corrected chi connectivity index (χ0v) is 27.4. The number of hydrogen-bond acceptors (Lipinski definition) is 10. The third-order valence-corrected chi connectivity index (χ3v) is 9.94. The van der Waals surface area contributed by atoms with Crippen molar-refractivity contribution in [3.63, 3.8) is 0 Å². The number of rotatable bonds is 8. The Hall–Kier alpha value is -3.71. The molecule has 9 atom stereocenters. The lowest BCUT2D eigenvalue weighted by Crippen LogP contribution is -2.75. The fourth-order valence-electron chi connectivity index (χ4n) is 7.35. The van der Waals surface area contributed by atoms with Crippen molar-refractivity contribution in [2.45, 2.75) is 96.2 Å². The van der Waals surface area contributed by atoms with Gasteiger partial charge in [0.05, 0.1) is 22.9 Å². The molecule has 258 valence electrons. The van der Waals surface area contributed by atoms with Crippen LogP contribution in [0.2, 0.25) is 0 Å². The normalized spacial score (nSPS) is 33.7. The van der Waals surface area contributed by atoms with E-state index in [1.165, 1.54) is 45.0 Å². The molecule has 2 saturated carbocycles. The van der Waals surface area contributed by atoms with Crippen molar-refractivity contribution in [3.8, 4) is 0 Å². The first kappa shape index (κ1) is 36.1. The first-order valence-corrected chi connectivity index (χ1v) is 15.3. The molecule has 3 aliphatic rings. The topological polar surface area (TPSA) is 135 Å². The fourth-order valence-corrected chi connectivity index (χ4v) is 7.35. The molecule has 1 aliphatic heterocycles. The summed E-state index contributed by atoms with van der Waals surface area (Å²) in [6.45, 7) is 13.0. The van der Waals surface area contributed by atoms with Gasteiger partial charge in [-0.25, -0.2) is 14.4 Å². The highest BCUT2D eigenvalue weighted by molar-refractivity contribution is 5.91. The average Bonchev–Trinajstić information content (AvgIpc) is 2.99. The van der Waals surface area contributed by atoms with Crippen molar-refractivity contribution in [2.24, 2.45) is 23.2 Å². The number of allylic oxidation sites excluding steroid dienone is 1. The third kappa shape index (κ3) is 5.85. The second-order valence-corrected chi connectivity index (χ2v) is 13.2. The van der Waals surface area contributed by atoms with E-state index in [0.29, 0.717) is 0 Å². The summed E-state index contributed by atoms with van der Waals surface area (Å²) in [6.07, 6.45) is -9.84. The van der Waals surface area contributed by atoms with Crippen molar-refractivity contribution in [1.29, 1.82) is 0 Å². The lowest BCUT2D eigenvalue weighted by atomic mass is 9.48. The fraction of sp³-hybridized carbons (Fsp3) is 0.588. The molecule has 1 aromatic carbocycles. The van der Waals surface area contributed by atoms with Crippen LogP contribution < -0.4 is 0 Å². The van der Waals surface area contributed by atoms with Crippen molar-refractivity contribution >= 4 is 23.9 Å². The van der Waals surface area contributed by atoms with Gasteiger partial charge in [0.25, 0.3) is 5.60 Å². The number of methoxy groups -OCH3 is 1. The number of carbonyl (C=O) groups excluding carboxylic acids is 4. The van der Waals surface area contributed by atoms with Gasteiger partial charge in [0.2, 0.25) is 0 Å². The summed E-state index contributed by atoms with van der Waals surface area (Å²) in [7, 11) is 0.734. The van der Waals surface area contributed by atoms with Crippen LogP contribution in [0.3, 0.4) is 0 Å². The first-order chi connectivity index (χ1) is 21.8. The number of esters is 4. The van der Waals surface area contributed by atoms with E-state index in [-0.39, 0.29) is 24.0 Å². The van der Waals surface area contributed by atoms with E-state index in [1.807, 2.05) is 0 Å². The Morgan fingerprint density at radius 1 is 1.09 bits per heavy atom. The Labute approximate surface area is 271 Å². The molecular formula is C34H41F3O10. The molecule has 0 unspecified atom stereocenters. The number of fused-ring (bicyclic) bond motifs is 4. The van der Waals surface area contributed by atoms with E-state index >= 15 is 0 Å². The standard InChI is InChI=1S/C34H41F3O10/c1-9-18(4)28(39)46-24-22-19(5)29(40)47-26(24)32(7)21(15-16-31(6,42)25(32)23(22)45-27(38)17(2)3)44-30(41)33(43-8,34(35,36)37)20-13-11-10-12-14-20/h9-14,17,21-26,42H,5,15-16H2,1-4,6-8H3/b18-9+/t21-,22-,23-,24-,25+,26-,31-,32+,33-/m0/s1. The second kappa shape index (κ2) is 12.7. The molecule has 4 rings (SSSR count). The van der Waals surface area contributed by atoms with Gasteiger partial charge >= 0.3 is 30.1 Å². The number of hydrogen-bond donors (Lipinski definition) is 1. The second-order valence-electron chi connectivity index (χ2n) is 13.2. The highest BCUT2D eigenvalue weighted by Crippen LogP contribution is 2.61. The molecule has 1 heterocycles. The molecule has 0 amide bonds. The zero-order valence-electron chi connectivity index (χ0n) is 27.4. The Bertz CT molecular complexity index is 1450. The molecule has 47 heavy (non-hydrogen) atoms. The SMILES string of the molecule is C=C1C(=O)O[C@H]2[C@@H](OC(=O)/C(C)=C/C)[C@@H]1[C@H](OC(=O)C(C)C)[C@H]1[C@@]2(C)[C@@H](OC(=O)[C@@](OC)(c2ccccc2)C(F)(F)F)CC[C@]1(C)O. The molecule has 0 radical (unpaired) electrons. The quantitative estimate of drug-likeness (QED) is 0.236. The minimum Gasteiger partial charge on any atom is -0.461 e. The minimum absolute atomic E-state index is 0.111. The number of aliphatic hydroxyl groups is 1. The molecule has 2 bridgehead atoms. The van der Waals surface area contributed by atoms with Gasteiger partial charge in [0, 0.05) is 29.7 Å². The van der Waals surface area contributed by atoms with Crippen molar-refractivity contribution in [1.82, 2.24) is 0 Å². The van der Waals surface area contributed by atoms with E-state index in [1.54, 1.807) is 20.8 Å². The lowest BCUT2D eigenvalue weighted by Gasteiger charge is -2.64. The average molecular weight is 667 g/mol.